The molecular formula is C8H13F3N2S. The fourth-order valence-corrected chi connectivity index (χ4v) is 0.742. The van der Waals surface area contributed by atoms with Crippen LogP contribution in [0.15, 0.2) is 24.4 Å². The van der Waals surface area contributed by atoms with Crippen LogP contribution in [0.1, 0.15) is 6.92 Å². The van der Waals surface area contributed by atoms with Crippen molar-refractivity contribution < 1.29 is 13.2 Å². The zero-order valence-corrected chi connectivity index (χ0v) is 8.61. The molecule has 1 rings (SSSR count). The van der Waals surface area contributed by atoms with E-state index in [4.69, 9.17) is 4.78 Å². The van der Waals surface area contributed by atoms with Crippen LogP contribution < -0.4 is 0 Å². The molecule has 0 aliphatic carbocycles. The quantitative estimate of drug-likeness (QED) is 0.744. The second-order valence-electron chi connectivity index (χ2n) is 2.10. The first kappa shape index (κ1) is 15.6. The highest BCUT2D eigenvalue weighted by Gasteiger charge is 1.91. The van der Waals surface area contributed by atoms with Gasteiger partial charge in [-0.3, -0.25) is 0 Å². The lowest BCUT2D eigenvalue weighted by Gasteiger charge is -2.16. The van der Waals surface area contributed by atoms with E-state index in [9.17, 15) is 13.2 Å². The van der Waals surface area contributed by atoms with Crippen LogP contribution in [0, 0.1) is 4.78 Å². The average molecular weight is 226 g/mol. The Morgan fingerprint density at radius 1 is 1.36 bits per heavy atom. The van der Waals surface area contributed by atoms with Gasteiger partial charge in [0, 0.05) is 25.5 Å². The zero-order chi connectivity index (χ0) is 11.4. The molecule has 0 amide bonds. The van der Waals surface area contributed by atoms with Gasteiger partial charge in [0.25, 0.3) is 0 Å². The Hall–Kier alpha value is -0.910. The first-order valence-corrected chi connectivity index (χ1v) is 4.27. The summed E-state index contributed by atoms with van der Waals surface area (Å²) in [5.41, 5.74) is 0. The molecule has 2 nitrogen and oxygen atoms in total. The molecule has 0 aromatic carbocycles. The number of halogens is 3. The lowest BCUT2D eigenvalue weighted by molar-refractivity contribution is 0.00819. The minimum atomic E-state index is -3.67. The van der Waals surface area contributed by atoms with E-state index in [1.54, 1.807) is 0 Å². The van der Waals surface area contributed by atoms with E-state index in [2.05, 4.69) is 48.7 Å². The number of alkyl halides is 3. The van der Waals surface area contributed by atoms with Crippen molar-refractivity contribution in [3.8, 4) is 0 Å². The van der Waals surface area contributed by atoms with Crippen molar-refractivity contribution in [3.05, 3.63) is 24.4 Å². The van der Waals surface area contributed by atoms with Crippen molar-refractivity contribution in [1.82, 2.24) is 4.90 Å². The maximum Gasteiger partial charge on any atom is 0.379 e. The van der Waals surface area contributed by atoms with Crippen molar-refractivity contribution >= 4 is 12.4 Å². The SMILES string of the molecule is CCN1C=CC=CC1.FC(F)F.N=S. The van der Waals surface area contributed by atoms with E-state index in [-0.39, 0.29) is 0 Å². The summed E-state index contributed by atoms with van der Waals surface area (Å²) in [5.74, 6) is 0. The van der Waals surface area contributed by atoms with Crippen molar-refractivity contribution in [2.45, 2.75) is 13.6 Å². The van der Waals surface area contributed by atoms with E-state index >= 15 is 0 Å². The monoisotopic (exact) mass is 226 g/mol. The van der Waals surface area contributed by atoms with E-state index in [1.165, 1.54) is 0 Å². The number of nitrogens with one attached hydrogen (secondary N) is 1. The highest BCUT2D eigenvalue weighted by atomic mass is 32.1. The van der Waals surface area contributed by atoms with Gasteiger partial charge < -0.3 is 4.90 Å². The van der Waals surface area contributed by atoms with Crippen LogP contribution in [-0.2, 0) is 12.4 Å². The molecule has 1 aliphatic rings. The molecule has 6 heteroatoms. The summed E-state index contributed by atoms with van der Waals surface area (Å²) in [6, 6.07) is 0. The summed E-state index contributed by atoms with van der Waals surface area (Å²) in [7, 11) is 0. The summed E-state index contributed by atoms with van der Waals surface area (Å²) < 4.78 is 34.3. The summed E-state index contributed by atoms with van der Waals surface area (Å²) >= 11 is 3.33. The molecule has 0 unspecified atom stereocenters. The number of likely N-dealkylation sites (N-methyl/N-ethyl adjacent to an activating group) is 1. The molecular weight excluding hydrogens is 213 g/mol. The van der Waals surface area contributed by atoms with Crippen LogP contribution in [-0.4, -0.2) is 24.7 Å². The first-order chi connectivity index (χ1) is 6.66. The average Bonchev–Trinajstić information content (AvgIpc) is 2.21. The van der Waals surface area contributed by atoms with Gasteiger partial charge in [-0.15, -0.1) is 0 Å². The Labute approximate surface area is 87.1 Å². The third kappa shape index (κ3) is 13.7. The van der Waals surface area contributed by atoms with Gasteiger partial charge in [-0.1, -0.05) is 12.2 Å². The molecule has 1 aliphatic heterocycles. The predicted molar refractivity (Wildman–Crippen MR) is 52.7 cm³/mol. The lowest BCUT2D eigenvalue weighted by atomic mass is 10.3. The van der Waals surface area contributed by atoms with Gasteiger partial charge in [0.2, 0.25) is 0 Å². The number of nitrogens with zero attached hydrogens (tertiary/aromatic N) is 1. The fourth-order valence-electron chi connectivity index (χ4n) is 0.742. The van der Waals surface area contributed by atoms with E-state index in [1.807, 2.05) is 0 Å². The number of hydrogen-bond acceptors (Lipinski definition) is 3. The molecule has 82 valence electrons. The standard InChI is InChI=1S/C7H11N.CHF3.HNS/c1-2-8-6-4-3-5-7-8;2-1(3)4;1-2/h3-6H,2,7H2,1H3;1H;1H. The van der Waals surface area contributed by atoms with Gasteiger partial charge in [0.05, 0.1) is 0 Å². The predicted octanol–water partition coefficient (Wildman–Crippen LogP) is 2.87. The minimum absolute atomic E-state index is 1.08. The van der Waals surface area contributed by atoms with Crippen LogP contribution in [0.4, 0.5) is 13.2 Å². The second-order valence-corrected chi connectivity index (χ2v) is 2.10. The molecule has 1 heterocycles. The van der Waals surface area contributed by atoms with Crippen LogP contribution in [0.25, 0.3) is 0 Å². The van der Waals surface area contributed by atoms with Crippen LogP contribution in [0.3, 0.4) is 0 Å². The Morgan fingerprint density at radius 3 is 2.07 bits per heavy atom. The normalized spacial score (nSPS) is 12.8. The molecule has 0 bridgehead atoms. The summed E-state index contributed by atoms with van der Waals surface area (Å²) in [6.45, 7) is 0.678. The Kier molecular flexibility index (Phi) is 13.4. The maximum absolute atomic E-state index is 9.67. The minimum Gasteiger partial charge on any atom is -0.374 e. The molecule has 0 aromatic rings. The van der Waals surface area contributed by atoms with Gasteiger partial charge >= 0.3 is 6.68 Å². The zero-order valence-electron chi connectivity index (χ0n) is 7.79. The number of allylic oxidation sites excluding steroid dienone is 2. The molecule has 0 radical (unpaired) electrons. The largest absolute Gasteiger partial charge is 0.379 e. The van der Waals surface area contributed by atoms with E-state index < -0.39 is 6.68 Å². The molecule has 14 heavy (non-hydrogen) atoms. The number of rotatable bonds is 1. The molecule has 1 N–H and O–H groups in total. The molecule has 0 spiro atoms. The molecule has 0 fully saturated rings. The smallest absolute Gasteiger partial charge is 0.374 e. The fraction of sp³-hybridized carbons (Fsp3) is 0.500. The van der Waals surface area contributed by atoms with Gasteiger partial charge in [0.15, 0.2) is 0 Å². The van der Waals surface area contributed by atoms with Crippen LogP contribution in [0.5, 0.6) is 0 Å². The maximum atomic E-state index is 9.67. The third-order valence-corrected chi connectivity index (χ3v) is 1.29. The van der Waals surface area contributed by atoms with Gasteiger partial charge in [0.1, 0.15) is 0 Å². The van der Waals surface area contributed by atoms with Gasteiger partial charge in [-0.05, 0) is 19.2 Å². The summed E-state index contributed by atoms with van der Waals surface area (Å²) in [6.07, 6.45) is 8.41. The van der Waals surface area contributed by atoms with Crippen molar-refractivity contribution in [1.29, 1.82) is 4.78 Å². The van der Waals surface area contributed by atoms with E-state index in [0.29, 0.717) is 0 Å². The third-order valence-electron chi connectivity index (χ3n) is 1.29. The second kappa shape index (κ2) is 12.1. The van der Waals surface area contributed by atoms with Gasteiger partial charge in [-0.25, -0.2) is 4.78 Å². The van der Waals surface area contributed by atoms with Crippen LogP contribution in [0.2, 0.25) is 0 Å². The van der Waals surface area contributed by atoms with Crippen LogP contribution >= 0.6 is 0 Å². The summed E-state index contributed by atoms with van der Waals surface area (Å²) in [4.78, 5) is 2.25. The highest BCUT2D eigenvalue weighted by Crippen LogP contribution is 1.95. The van der Waals surface area contributed by atoms with Crippen molar-refractivity contribution in [2.75, 3.05) is 13.1 Å². The molecule has 0 saturated heterocycles. The molecule has 0 atom stereocenters. The Morgan fingerprint density at radius 2 is 1.86 bits per heavy atom. The van der Waals surface area contributed by atoms with E-state index in [0.717, 1.165) is 13.1 Å². The molecule has 0 aromatic heterocycles. The van der Waals surface area contributed by atoms with Crippen molar-refractivity contribution in [3.63, 3.8) is 0 Å². The topological polar surface area (TPSA) is 27.1 Å². The van der Waals surface area contributed by atoms with Crippen molar-refractivity contribution in [2.24, 2.45) is 0 Å². The highest BCUT2D eigenvalue weighted by molar-refractivity contribution is 7.45. The number of hydrogen-bond donors (Lipinski definition) is 1. The lowest BCUT2D eigenvalue weighted by Crippen LogP contribution is -2.17. The Balaban J connectivity index is 0. The first-order valence-electron chi connectivity index (χ1n) is 3.86. The molecule has 0 saturated carbocycles. The summed E-state index contributed by atoms with van der Waals surface area (Å²) in [5, 5.41) is 0. The van der Waals surface area contributed by atoms with Gasteiger partial charge in [-0.2, -0.15) is 13.2 Å². The Bertz CT molecular complexity index is 171.